The van der Waals surface area contributed by atoms with Gasteiger partial charge in [-0.3, -0.25) is 4.79 Å². The molecule has 2 aromatic rings. The zero-order valence-electron chi connectivity index (χ0n) is 14.8. The van der Waals surface area contributed by atoms with Crippen LogP contribution in [0.2, 0.25) is 0 Å². The molecule has 0 bridgehead atoms. The van der Waals surface area contributed by atoms with E-state index in [0.29, 0.717) is 24.1 Å². The molecule has 1 amide bonds. The Morgan fingerprint density at radius 1 is 1.31 bits per heavy atom. The summed E-state index contributed by atoms with van der Waals surface area (Å²) >= 11 is 1.28. The minimum atomic E-state index is -0.228. The lowest BCUT2D eigenvalue weighted by Crippen LogP contribution is -2.35. The number of aromatic nitrogens is 2. The monoisotopic (exact) mass is 375 g/mol. The number of amides is 1. The molecule has 26 heavy (non-hydrogen) atoms. The van der Waals surface area contributed by atoms with Gasteiger partial charge in [0, 0.05) is 30.5 Å². The Morgan fingerprint density at radius 2 is 2.04 bits per heavy atom. The summed E-state index contributed by atoms with van der Waals surface area (Å²) in [5, 5.41) is 4.52. The molecule has 2 aromatic heterocycles. The number of nitrogens with one attached hydrogen (secondary N) is 1. The highest BCUT2D eigenvalue weighted by molar-refractivity contribution is 7.99. The van der Waals surface area contributed by atoms with E-state index in [4.69, 9.17) is 9.15 Å². The van der Waals surface area contributed by atoms with E-state index >= 15 is 0 Å². The number of ether oxygens (including phenoxy) is 1. The minimum Gasteiger partial charge on any atom is -0.440 e. The van der Waals surface area contributed by atoms with Crippen molar-refractivity contribution >= 4 is 29.8 Å². The van der Waals surface area contributed by atoms with Crippen LogP contribution in [0.25, 0.3) is 0 Å². The van der Waals surface area contributed by atoms with Crippen molar-refractivity contribution in [3.8, 4) is 0 Å². The van der Waals surface area contributed by atoms with Gasteiger partial charge in [-0.25, -0.2) is 15.4 Å². The molecular weight excluding hydrogens is 354 g/mol. The summed E-state index contributed by atoms with van der Waals surface area (Å²) in [6, 6.07) is 5.60. The topological polar surface area (TPSA) is 92.9 Å². The van der Waals surface area contributed by atoms with Gasteiger partial charge < -0.3 is 14.1 Å². The van der Waals surface area contributed by atoms with E-state index in [2.05, 4.69) is 25.4 Å². The highest BCUT2D eigenvalue weighted by Crippen LogP contribution is 2.18. The maximum absolute atomic E-state index is 11.9. The molecule has 0 aromatic carbocycles. The molecule has 0 saturated carbocycles. The maximum atomic E-state index is 11.9. The van der Waals surface area contributed by atoms with Crippen molar-refractivity contribution in [2.45, 2.75) is 19.0 Å². The van der Waals surface area contributed by atoms with Crippen LogP contribution in [-0.4, -0.2) is 54.1 Å². The van der Waals surface area contributed by atoms with Crippen LogP contribution < -0.4 is 10.3 Å². The molecule has 3 heterocycles. The summed E-state index contributed by atoms with van der Waals surface area (Å²) in [5.74, 6) is 1.33. The molecule has 138 valence electrons. The molecule has 1 N–H and O–H groups in total. The second-order valence-electron chi connectivity index (χ2n) is 5.79. The molecule has 3 rings (SSSR count). The van der Waals surface area contributed by atoms with Crippen molar-refractivity contribution in [2.75, 3.05) is 37.0 Å². The fourth-order valence-electron chi connectivity index (χ4n) is 2.45. The average Bonchev–Trinajstić information content (AvgIpc) is 3.09. The largest absolute Gasteiger partial charge is 0.440 e. The van der Waals surface area contributed by atoms with E-state index in [1.807, 2.05) is 32.0 Å². The number of hydrogen-bond acceptors (Lipinski definition) is 8. The fraction of sp³-hybridized carbons (Fsp3) is 0.412. The van der Waals surface area contributed by atoms with Crippen LogP contribution >= 0.6 is 11.8 Å². The number of furan rings is 1. The molecule has 0 atom stereocenters. The van der Waals surface area contributed by atoms with Gasteiger partial charge in [-0.15, -0.1) is 0 Å². The quantitative estimate of drug-likeness (QED) is 0.356. The van der Waals surface area contributed by atoms with Crippen LogP contribution in [0.5, 0.6) is 0 Å². The number of anilines is 1. The van der Waals surface area contributed by atoms with Crippen LogP contribution in [0.4, 0.5) is 5.88 Å². The predicted molar refractivity (Wildman–Crippen MR) is 99.7 cm³/mol. The zero-order valence-corrected chi connectivity index (χ0v) is 15.6. The Bertz CT molecular complexity index is 766. The molecule has 9 heteroatoms. The van der Waals surface area contributed by atoms with E-state index in [-0.39, 0.29) is 11.7 Å². The summed E-state index contributed by atoms with van der Waals surface area (Å²) < 4.78 is 11.0. The molecule has 0 spiro atoms. The highest BCUT2D eigenvalue weighted by Gasteiger charge is 2.14. The zero-order chi connectivity index (χ0) is 18.4. The Labute approximate surface area is 156 Å². The number of carbonyl (C=O) groups excluding carboxylic acids is 1. The smallest absolute Gasteiger partial charge is 0.250 e. The Hall–Kier alpha value is -2.39. The van der Waals surface area contributed by atoms with Gasteiger partial charge in [-0.2, -0.15) is 5.10 Å². The van der Waals surface area contributed by atoms with E-state index in [9.17, 15) is 4.79 Å². The molecule has 1 fully saturated rings. The Morgan fingerprint density at radius 3 is 2.77 bits per heavy atom. The highest BCUT2D eigenvalue weighted by atomic mass is 32.2. The first-order valence-corrected chi connectivity index (χ1v) is 9.28. The summed E-state index contributed by atoms with van der Waals surface area (Å²) in [6.45, 7) is 6.80. The second kappa shape index (κ2) is 8.81. The first kappa shape index (κ1) is 18.4. The summed E-state index contributed by atoms with van der Waals surface area (Å²) in [7, 11) is 0. The lowest BCUT2D eigenvalue weighted by Gasteiger charge is -2.26. The molecular formula is C17H21N5O3S. The van der Waals surface area contributed by atoms with Crippen LogP contribution in [-0.2, 0) is 9.53 Å². The average molecular weight is 375 g/mol. The summed E-state index contributed by atoms with van der Waals surface area (Å²) in [4.78, 5) is 22.6. The van der Waals surface area contributed by atoms with Gasteiger partial charge in [0.25, 0.3) is 5.91 Å². The van der Waals surface area contributed by atoms with Gasteiger partial charge in [0.05, 0.1) is 25.2 Å². The van der Waals surface area contributed by atoms with Crippen molar-refractivity contribution in [1.82, 2.24) is 15.4 Å². The number of carbonyl (C=O) groups is 1. The molecule has 1 saturated heterocycles. The van der Waals surface area contributed by atoms with Crippen molar-refractivity contribution < 1.29 is 13.9 Å². The number of hydrogen-bond donors (Lipinski definition) is 1. The van der Waals surface area contributed by atoms with Crippen LogP contribution in [0.15, 0.2) is 32.9 Å². The van der Waals surface area contributed by atoms with E-state index < -0.39 is 0 Å². The normalized spacial score (nSPS) is 14.8. The van der Waals surface area contributed by atoms with E-state index in [1.54, 1.807) is 0 Å². The van der Waals surface area contributed by atoms with Crippen molar-refractivity contribution in [2.24, 2.45) is 5.10 Å². The fourth-order valence-corrected chi connectivity index (χ4v) is 3.20. The first-order chi connectivity index (χ1) is 12.6. The minimum absolute atomic E-state index is 0.192. The van der Waals surface area contributed by atoms with Crippen LogP contribution in [0.1, 0.15) is 17.1 Å². The third-order valence-corrected chi connectivity index (χ3v) is 4.46. The van der Waals surface area contributed by atoms with Gasteiger partial charge >= 0.3 is 0 Å². The molecule has 8 nitrogen and oxygen atoms in total. The second-order valence-corrected chi connectivity index (χ2v) is 6.73. The SMILES string of the molecule is Cc1cc(C)nc(SCC(=O)N/N=C\c2ccc(N3CCOCC3)o2)n1. The molecule has 1 aliphatic rings. The van der Waals surface area contributed by atoms with Crippen molar-refractivity contribution in [1.29, 1.82) is 0 Å². The van der Waals surface area contributed by atoms with Gasteiger partial charge in [-0.1, -0.05) is 11.8 Å². The Kier molecular flexibility index (Phi) is 6.24. The van der Waals surface area contributed by atoms with E-state index in [1.165, 1.54) is 18.0 Å². The number of hydrazone groups is 1. The van der Waals surface area contributed by atoms with Gasteiger partial charge in [0.15, 0.2) is 11.0 Å². The van der Waals surface area contributed by atoms with E-state index in [0.717, 1.165) is 30.4 Å². The molecule has 1 aliphatic heterocycles. The third-order valence-electron chi connectivity index (χ3n) is 3.61. The van der Waals surface area contributed by atoms with Gasteiger partial charge in [-0.05, 0) is 26.0 Å². The summed E-state index contributed by atoms with van der Waals surface area (Å²) in [6.07, 6.45) is 1.49. The van der Waals surface area contributed by atoms with Crippen LogP contribution in [0, 0.1) is 13.8 Å². The number of nitrogens with zero attached hydrogens (tertiary/aromatic N) is 4. The number of rotatable bonds is 6. The molecule has 0 unspecified atom stereocenters. The first-order valence-electron chi connectivity index (χ1n) is 8.30. The summed E-state index contributed by atoms with van der Waals surface area (Å²) in [5.41, 5.74) is 4.24. The van der Waals surface area contributed by atoms with Gasteiger partial charge in [0.2, 0.25) is 0 Å². The van der Waals surface area contributed by atoms with Gasteiger partial charge in [0.1, 0.15) is 5.76 Å². The number of thioether (sulfide) groups is 1. The lowest BCUT2D eigenvalue weighted by atomic mass is 10.4. The molecule has 0 aliphatic carbocycles. The lowest BCUT2D eigenvalue weighted by molar-refractivity contribution is -0.118. The Balaban J connectivity index is 1.46. The third kappa shape index (κ3) is 5.30. The standard InChI is InChI=1S/C17H21N5O3S/c1-12-9-13(2)20-17(19-12)26-11-15(23)21-18-10-14-3-4-16(25-14)22-5-7-24-8-6-22/h3-4,9-10H,5-8,11H2,1-2H3,(H,21,23)/b18-10-. The van der Waals surface area contributed by atoms with Crippen LogP contribution in [0.3, 0.4) is 0 Å². The number of aryl methyl sites for hydroxylation is 2. The van der Waals surface area contributed by atoms with Crippen molar-refractivity contribution in [3.05, 3.63) is 35.3 Å². The predicted octanol–water partition coefficient (Wildman–Crippen LogP) is 1.77. The maximum Gasteiger partial charge on any atom is 0.250 e. The number of morpholine rings is 1. The van der Waals surface area contributed by atoms with Crippen molar-refractivity contribution in [3.63, 3.8) is 0 Å². The molecule has 0 radical (unpaired) electrons.